The van der Waals surface area contributed by atoms with Gasteiger partial charge in [-0.3, -0.25) is 0 Å². The average molecular weight is 277 g/mol. The predicted molar refractivity (Wildman–Crippen MR) is 81.9 cm³/mol. The van der Waals surface area contributed by atoms with Crippen LogP contribution in [0.2, 0.25) is 0 Å². The van der Waals surface area contributed by atoms with Crippen molar-refractivity contribution in [2.24, 2.45) is 0 Å². The summed E-state index contributed by atoms with van der Waals surface area (Å²) in [6, 6.07) is 5.84. The number of terminal acetylenes is 1. The fourth-order valence-electron chi connectivity index (χ4n) is 1.65. The van der Waals surface area contributed by atoms with Gasteiger partial charge in [-0.15, -0.1) is 6.42 Å². The van der Waals surface area contributed by atoms with Crippen LogP contribution >= 0.6 is 12.2 Å². The van der Waals surface area contributed by atoms with Gasteiger partial charge in [0, 0.05) is 13.0 Å². The lowest BCUT2D eigenvalue weighted by Crippen LogP contribution is -2.20. The Hall–Kier alpha value is -1.73. The average Bonchev–Trinajstić information content (AvgIpc) is 2.43. The van der Waals surface area contributed by atoms with E-state index in [0.717, 1.165) is 29.9 Å². The maximum atomic E-state index is 5.40. The van der Waals surface area contributed by atoms with Crippen LogP contribution in [-0.4, -0.2) is 25.2 Å². The zero-order valence-electron chi connectivity index (χ0n) is 11.4. The molecule has 0 aliphatic rings. The van der Waals surface area contributed by atoms with Crippen molar-refractivity contribution in [3.63, 3.8) is 0 Å². The van der Waals surface area contributed by atoms with E-state index in [4.69, 9.17) is 28.1 Å². The van der Waals surface area contributed by atoms with E-state index in [0.29, 0.717) is 11.5 Å². The Morgan fingerprint density at radius 1 is 1.42 bits per heavy atom. The molecule has 0 atom stereocenters. The number of rotatable bonds is 7. The Balaban J connectivity index is 2.66. The first-order valence-electron chi connectivity index (χ1n) is 6.21. The summed E-state index contributed by atoms with van der Waals surface area (Å²) >= 11 is 5.21. The molecule has 3 nitrogen and oxygen atoms in total. The van der Waals surface area contributed by atoms with Crippen molar-refractivity contribution in [3.8, 4) is 23.8 Å². The summed E-state index contributed by atoms with van der Waals surface area (Å²) in [5, 5.41) is 3.14. The maximum absolute atomic E-state index is 5.40. The van der Waals surface area contributed by atoms with E-state index in [1.54, 1.807) is 7.11 Å². The van der Waals surface area contributed by atoms with E-state index >= 15 is 0 Å². The smallest absolute Gasteiger partial charge is 0.162 e. The van der Waals surface area contributed by atoms with Crippen molar-refractivity contribution in [1.82, 2.24) is 5.32 Å². The minimum absolute atomic E-state index is 0.236. The quantitative estimate of drug-likeness (QED) is 0.613. The van der Waals surface area contributed by atoms with Crippen LogP contribution in [0.3, 0.4) is 0 Å². The molecule has 1 aromatic carbocycles. The summed E-state index contributed by atoms with van der Waals surface area (Å²) in [6.45, 7) is 3.13. The van der Waals surface area contributed by atoms with Crippen molar-refractivity contribution in [2.75, 3.05) is 20.3 Å². The molecule has 0 unspecified atom stereocenters. The third-order valence-electron chi connectivity index (χ3n) is 2.55. The molecule has 0 radical (unpaired) electrons. The van der Waals surface area contributed by atoms with Gasteiger partial charge in [0.15, 0.2) is 11.5 Å². The highest BCUT2D eigenvalue weighted by Crippen LogP contribution is 2.28. The Kier molecular flexibility index (Phi) is 6.76. The van der Waals surface area contributed by atoms with E-state index in [-0.39, 0.29) is 6.61 Å². The molecule has 0 heterocycles. The number of nitrogens with one attached hydrogen (secondary N) is 1. The zero-order chi connectivity index (χ0) is 14.1. The molecule has 1 aromatic rings. The van der Waals surface area contributed by atoms with Crippen LogP contribution < -0.4 is 14.8 Å². The number of benzene rings is 1. The summed E-state index contributed by atoms with van der Waals surface area (Å²) < 4.78 is 10.7. The Morgan fingerprint density at radius 3 is 2.84 bits per heavy atom. The van der Waals surface area contributed by atoms with Crippen LogP contribution in [0.25, 0.3) is 0 Å². The van der Waals surface area contributed by atoms with Crippen molar-refractivity contribution < 1.29 is 9.47 Å². The standard InChI is InChI=1S/C15H19NO2S/c1-4-10-18-13-8-6-12(11-14(13)17-3)7-9-15(19)16-5-2/h1,6,8,11H,5,7,9-10H2,2-3H3,(H,16,19). The fourth-order valence-corrected chi connectivity index (χ4v) is 1.90. The number of ether oxygens (including phenoxy) is 2. The molecule has 102 valence electrons. The van der Waals surface area contributed by atoms with E-state index in [1.807, 2.05) is 25.1 Å². The number of hydrogen-bond donors (Lipinski definition) is 1. The first kappa shape index (κ1) is 15.3. The highest BCUT2D eigenvalue weighted by molar-refractivity contribution is 7.80. The van der Waals surface area contributed by atoms with E-state index in [2.05, 4.69) is 11.2 Å². The van der Waals surface area contributed by atoms with Crippen LogP contribution in [0.4, 0.5) is 0 Å². The summed E-state index contributed by atoms with van der Waals surface area (Å²) in [5.41, 5.74) is 1.16. The Bertz CT molecular complexity index is 466. The molecule has 4 heteroatoms. The summed E-state index contributed by atoms with van der Waals surface area (Å²) in [7, 11) is 1.62. The third kappa shape index (κ3) is 5.19. The molecular formula is C15H19NO2S. The molecule has 0 bridgehead atoms. The van der Waals surface area contributed by atoms with Gasteiger partial charge in [-0.05, 0) is 31.0 Å². The lowest BCUT2D eigenvalue weighted by atomic mass is 10.1. The van der Waals surface area contributed by atoms with Crippen LogP contribution in [0.1, 0.15) is 18.9 Å². The summed E-state index contributed by atoms with van der Waals surface area (Å²) in [4.78, 5) is 0.883. The Morgan fingerprint density at radius 2 is 2.21 bits per heavy atom. The van der Waals surface area contributed by atoms with Gasteiger partial charge in [-0.25, -0.2) is 0 Å². The van der Waals surface area contributed by atoms with Gasteiger partial charge in [0.25, 0.3) is 0 Å². The first-order chi connectivity index (χ1) is 9.21. The molecule has 1 rings (SSSR count). The van der Waals surface area contributed by atoms with Crippen LogP contribution in [0.15, 0.2) is 18.2 Å². The second-order valence-electron chi connectivity index (χ2n) is 3.93. The lowest BCUT2D eigenvalue weighted by Gasteiger charge is -2.11. The number of hydrogen-bond acceptors (Lipinski definition) is 3. The molecule has 19 heavy (non-hydrogen) atoms. The van der Waals surface area contributed by atoms with Gasteiger partial charge in [-0.1, -0.05) is 24.2 Å². The topological polar surface area (TPSA) is 30.5 Å². The van der Waals surface area contributed by atoms with Crippen molar-refractivity contribution >= 4 is 17.2 Å². The van der Waals surface area contributed by atoms with Gasteiger partial charge in [0.1, 0.15) is 6.61 Å². The molecule has 1 N–H and O–H groups in total. The normalized spacial score (nSPS) is 9.53. The van der Waals surface area contributed by atoms with Crippen molar-refractivity contribution in [3.05, 3.63) is 23.8 Å². The summed E-state index contributed by atoms with van der Waals surface area (Å²) in [5.74, 6) is 3.79. The molecular weight excluding hydrogens is 258 g/mol. The van der Waals surface area contributed by atoms with E-state index in [9.17, 15) is 0 Å². The fraction of sp³-hybridized carbons (Fsp3) is 0.400. The van der Waals surface area contributed by atoms with E-state index < -0.39 is 0 Å². The summed E-state index contributed by atoms with van der Waals surface area (Å²) in [6.07, 6.45) is 6.87. The lowest BCUT2D eigenvalue weighted by molar-refractivity contribution is 0.330. The van der Waals surface area contributed by atoms with Crippen molar-refractivity contribution in [1.29, 1.82) is 0 Å². The predicted octanol–water partition coefficient (Wildman–Crippen LogP) is 2.58. The third-order valence-corrected chi connectivity index (χ3v) is 2.90. The van der Waals surface area contributed by atoms with Gasteiger partial charge in [0.05, 0.1) is 12.1 Å². The molecule has 0 fully saturated rings. The molecule has 0 aromatic heterocycles. The SMILES string of the molecule is C#CCOc1ccc(CCC(=S)NCC)cc1OC. The molecule has 0 spiro atoms. The second kappa shape index (κ2) is 8.39. The van der Waals surface area contributed by atoms with Crippen molar-refractivity contribution in [2.45, 2.75) is 19.8 Å². The molecule has 0 aliphatic heterocycles. The van der Waals surface area contributed by atoms with Crippen LogP contribution in [0, 0.1) is 12.3 Å². The minimum Gasteiger partial charge on any atom is -0.493 e. The second-order valence-corrected chi connectivity index (χ2v) is 4.42. The first-order valence-corrected chi connectivity index (χ1v) is 6.62. The molecule has 0 amide bonds. The van der Waals surface area contributed by atoms with Crippen LogP contribution in [-0.2, 0) is 6.42 Å². The number of aryl methyl sites for hydroxylation is 1. The molecule has 0 saturated heterocycles. The molecule has 0 aliphatic carbocycles. The molecule has 0 saturated carbocycles. The minimum atomic E-state index is 0.236. The van der Waals surface area contributed by atoms with Gasteiger partial charge in [-0.2, -0.15) is 0 Å². The zero-order valence-corrected chi connectivity index (χ0v) is 12.2. The maximum Gasteiger partial charge on any atom is 0.162 e. The Labute approximate surface area is 120 Å². The van der Waals surface area contributed by atoms with Gasteiger partial charge >= 0.3 is 0 Å². The van der Waals surface area contributed by atoms with Crippen LogP contribution in [0.5, 0.6) is 11.5 Å². The largest absolute Gasteiger partial charge is 0.493 e. The van der Waals surface area contributed by atoms with Gasteiger partial charge in [0.2, 0.25) is 0 Å². The van der Waals surface area contributed by atoms with Gasteiger partial charge < -0.3 is 14.8 Å². The highest BCUT2D eigenvalue weighted by Gasteiger charge is 2.06. The van der Waals surface area contributed by atoms with E-state index in [1.165, 1.54) is 0 Å². The highest BCUT2D eigenvalue weighted by atomic mass is 32.1. The number of methoxy groups -OCH3 is 1. The monoisotopic (exact) mass is 277 g/mol. The number of thiocarbonyl (C=S) groups is 1.